The average molecular weight is 437 g/mol. The number of oxazole rings is 1. The molecule has 9 nitrogen and oxygen atoms in total. The fourth-order valence-corrected chi connectivity index (χ4v) is 4.67. The summed E-state index contributed by atoms with van der Waals surface area (Å²) in [6, 6.07) is 6.14. The van der Waals surface area contributed by atoms with Gasteiger partial charge in [0, 0.05) is 12.2 Å². The van der Waals surface area contributed by atoms with E-state index in [-0.39, 0.29) is 31.5 Å². The number of carbonyl (C=O) groups is 1. The van der Waals surface area contributed by atoms with Crippen molar-refractivity contribution in [3.63, 3.8) is 0 Å². The van der Waals surface area contributed by atoms with Crippen molar-refractivity contribution >= 4 is 27.8 Å². The Balaban J connectivity index is 1.73. The van der Waals surface area contributed by atoms with E-state index >= 15 is 0 Å². The van der Waals surface area contributed by atoms with Crippen LogP contribution in [-0.4, -0.2) is 48.9 Å². The van der Waals surface area contributed by atoms with E-state index in [1.807, 2.05) is 19.1 Å². The van der Waals surface area contributed by atoms with Crippen LogP contribution in [0.25, 0.3) is 0 Å². The molecular weight excluding hydrogens is 408 g/mol. The normalized spacial score (nSPS) is 17.1. The Morgan fingerprint density at radius 2 is 2.03 bits per heavy atom. The molecule has 164 valence electrons. The maximum absolute atomic E-state index is 12.7. The highest BCUT2D eigenvalue weighted by molar-refractivity contribution is 7.87. The molecule has 1 aliphatic heterocycles. The van der Waals surface area contributed by atoms with Crippen molar-refractivity contribution in [3.05, 3.63) is 41.3 Å². The Labute approximate surface area is 177 Å². The van der Waals surface area contributed by atoms with Gasteiger partial charge in [-0.2, -0.15) is 17.7 Å². The van der Waals surface area contributed by atoms with Crippen molar-refractivity contribution in [2.24, 2.45) is 0 Å². The Kier molecular flexibility index (Phi) is 6.21. The van der Waals surface area contributed by atoms with Gasteiger partial charge in [-0.25, -0.2) is 4.72 Å². The lowest BCUT2D eigenvalue weighted by Gasteiger charge is -2.40. The van der Waals surface area contributed by atoms with Crippen LogP contribution in [0.15, 0.2) is 28.9 Å². The van der Waals surface area contributed by atoms with E-state index in [2.05, 4.69) is 34.9 Å². The quantitative estimate of drug-likeness (QED) is 0.716. The van der Waals surface area contributed by atoms with Gasteiger partial charge in [-0.1, -0.05) is 26.0 Å². The largest absolute Gasteiger partial charge is 0.431 e. The van der Waals surface area contributed by atoms with Crippen molar-refractivity contribution in [3.8, 4) is 0 Å². The van der Waals surface area contributed by atoms with E-state index in [1.54, 1.807) is 13.8 Å². The van der Waals surface area contributed by atoms with Crippen LogP contribution in [0.5, 0.6) is 0 Å². The fraction of sp³-hybridized carbons (Fsp3) is 0.500. The first-order valence-corrected chi connectivity index (χ1v) is 11.2. The minimum Gasteiger partial charge on any atom is -0.431 e. The molecule has 3 rings (SSSR count). The number of nitrogens with one attached hydrogen (secondary N) is 2. The molecule has 0 radical (unpaired) electrons. The van der Waals surface area contributed by atoms with E-state index in [0.29, 0.717) is 5.92 Å². The summed E-state index contributed by atoms with van der Waals surface area (Å²) in [4.78, 5) is 16.6. The van der Waals surface area contributed by atoms with Gasteiger partial charge in [0.1, 0.15) is 6.26 Å². The van der Waals surface area contributed by atoms with Crippen molar-refractivity contribution in [1.82, 2.24) is 14.0 Å². The van der Waals surface area contributed by atoms with Gasteiger partial charge in [-0.05, 0) is 43.9 Å². The number of amides is 1. The minimum absolute atomic E-state index is 0.105. The fourth-order valence-electron chi connectivity index (χ4n) is 3.20. The number of aryl methyl sites for hydroxylation is 1. The Hall–Kier alpha value is -2.43. The summed E-state index contributed by atoms with van der Waals surface area (Å²) in [7, 11) is -4.06. The molecule has 1 fully saturated rings. The van der Waals surface area contributed by atoms with Crippen molar-refractivity contribution in [1.29, 1.82) is 0 Å². The number of ether oxygens (including phenoxy) is 1. The molecule has 30 heavy (non-hydrogen) atoms. The standard InChI is InChI=1S/C20H28N4O5S/c1-13(2)15-7-6-14(3)16(10-15)21-19-22-17(11-29-19)18(25)23-30(26,27)24-8-9-28-12-20(24,4)5/h6-7,10-11,13H,8-9,12H2,1-5H3,(H,21,22)(H,23,25). The summed E-state index contributed by atoms with van der Waals surface area (Å²) in [6.45, 7) is 10.3. The highest BCUT2D eigenvalue weighted by Crippen LogP contribution is 2.26. The van der Waals surface area contributed by atoms with E-state index < -0.39 is 21.7 Å². The molecule has 2 aromatic rings. The van der Waals surface area contributed by atoms with Crippen LogP contribution >= 0.6 is 0 Å². The van der Waals surface area contributed by atoms with Crippen molar-refractivity contribution in [2.45, 2.75) is 46.1 Å². The molecule has 1 saturated heterocycles. The van der Waals surface area contributed by atoms with E-state index in [4.69, 9.17) is 9.15 Å². The lowest BCUT2D eigenvalue weighted by atomic mass is 10.0. The Morgan fingerprint density at radius 1 is 1.30 bits per heavy atom. The van der Waals surface area contributed by atoms with Gasteiger partial charge < -0.3 is 14.5 Å². The number of hydrogen-bond acceptors (Lipinski definition) is 7. The van der Waals surface area contributed by atoms with E-state index in [1.165, 1.54) is 4.31 Å². The highest BCUT2D eigenvalue weighted by atomic mass is 32.2. The summed E-state index contributed by atoms with van der Waals surface area (Å²) in [5.74, 6) is -0.506. The molecule has 10 heteroatoms. The lowest BCUT2D eigenvalue weighted by molar-refractivity contribution is -0.00821. The van der Waals surface area contributed by atoms with Crippen LogP contribution in [-0.2, 0) is 14.9 Å². The highest BCUT2D eigenvalue weighted by Gasteiger charge is 2.40. The molecule has 2 heterocycles. The first-order valence-electron chi connectivity index (χ1n) is 9.75. The number of hydrogen-bond donors (Lipinski definition) is 2. The van der Waals surface area contributed by atoms with Gasteiger partial charge >= 0.3 is 10.2 Å². The Morgan fingerprint density at radius 3 is 2.70 bits per heavy atom. The molecule has 1 aromatic carbocycles. The number of benzene rings is 1. The van der Waals surface area contributed by atoms with Gasteiger partial charge in [0.2, 0.25) is 0 Å². The summed E-state index contributed by atoms with van der Waals surface area (Å²) in [6.07, 6.45) is 1.12. The zero-order chi connectivity index (χ0) is 22.1. The molecule has 0 unspecified atom stereocenters. The molecule has 1 aliphatic rings. The van der Waals surface area contributed by atoms with Crippen LogP contribution in [0.4, 0.5) is 11.7 Å². The van der Waals surface area contributed by atoms with Crippen LogP contribution in [0, 0.1) is 6.92 Å². The number of rotatable bonds is 6. The predicted octanol–water partition coefficient (Wildman–Crippen LogP) is 2.94. The molecule has 0 aliphatic carbocycles. The first-order chi connectivity index (χ1) is 14.0. The van der Waals surface area contributed by atoms with Crippen LogP contribution in [0.3, 0.4) is 0 Å². The average Bonchev–Trinajstić information content (AvgIpc) is 3.11. The second kappa shape index (κ2) is 8.37. The molecule has 1 aromatic heterocycles. The zero-order valence-electron chi connectivity index (χ0n) is 17.9. The van der Waals surface area contributed by atoms with Gasteiger partial charge in [-0.15, -0.1) is 0 Å². The SMILES string of the molecule is Cc1ccc(C(C)C)cc1Nc1nc(C(=O)NS(=O)(=O)N2CCOCC2(C)C)co1. The topological polar surface area (TPSA) is 114 Å². The molecule has 1 amide bonds. The number of carbonyl (C=O) groups excluding carboxylic acids is 1. The third kappa shape index (κ3) is 4.82. The summed E-state index contributed by atoms with van der Waals surface area (Å²) in [5.41, 5.74) is 2.04. The summed E-state index contributed by atoms with van der Waals surface area (Å²) >= 11 is 0. The molecular formula is C20H28N4O5S. The number of morpholine rings is 1. The molecule has 2 N–H and O–H groups in total. The molecule has 0 spiro atoms. The summed E-state index contributed by atoms with van der Waals surface area (Å²) < 4.78 is 39.3. The molecule has 0 atom stereocenters. The maximum Gasteiger partial charge on any atom is 0.304 e. The van der Waals surface area contributed by atoms with Crippen LogP contribution < -0.4 is 10.0 Å². The number of anilines is 2. The predicted molar refractivity (Wildman–Crippen MR) is 113 cm³/mol. The number of nitrogens with zero attached hydrogens (tertiary/aromatic N) is 2. The van der Waals surface area contributed by atoms with Crippen molar-refractivity contribution < 1.29 is 22.4 Å². The van der Waals surface area contributed by atoms with Crippen LogP contribution in [0.2, 0.25) is 0 Å². The summed E-state index contributed by atoms with van der Waals surface area (Å²) in [5, 5.41) is 3.05. The third-order valence-corrected chi connectivity index (χ3v) is 6.69. The Bertz CT molecular complexity index is 1030. The van der Waals surface area contributed by atoms with E-state index in [9.17, 15) is 13.2 Å². The number of aromatic nitrogens is 1. The van der Waals surface area contributed by atoms with Gasteiger partial charge in [0.05, 0.1) is 18.8 Å². The second-order valence-corrected chi connectivity index (χ2v) is 9.86. The molecule has 0 bridgehead atoms. The lowest BCUT2D eigenvalue weighted by Crippen LogP contribution is -2.59. The second-order valence-electron chi connectivity index (χ2n) is 8.27. The zero-order valence-corrected chi connectivity index (χ0v) is 18.7. The van der Waals surface area contributed by atoms with E-state index in [0.717, 1.165) is 23.1 Å². The first kappa shape index (κ1) is 22.3. The smallest absolute Gasteiger partial charge is 0.304 e. The van der Waals surface area contributed by atoms with Crippen molar-refractivity contribution in [2.75, 3.05) is 25.1 Å². The minimum atomic E-state index is -4.06. The molecule has 0 saturated carbocycles. The van der Waals surface area contributed by atoms with Gasteiger partial charge in [0.25, 0.3) is 11.9 Å². The third-order valence-electron chi connectivity index (χ3n) is 4.99. The van der Waals surface area contributed by atoms with Gasteiger partial charge in [-0.3, -0.25) is 4.79 Å². The monoisotopic (exact) mass is 436 g/mol. The maximum atomic E-state index is 12.7. The van der Waals surface area contributed by atoms with Crippen LogP contribution in [0.1, 0.15) is 55.2 Å². The van der Waals surface area contributed by atoms with Gasteiger partial charge in [0.15, 0.2) is 5.69 Å².